The van der Waals surface area contributed by atoms with Crippen LogP contribution in [0.25, 0.3) is 17.3 Å². The Balaban J connectivity index is 2.05. The van der Waals surface area contributed by atoms with Crippen molar-refractivity contribution in [3.8, 4) is 0 Å². The van der Waals surface area contributed by atoms with Gasteiger partial charge in [-0.2, -0.15) is 0 Å². The molecule has 3 heteroatoms. The lowest BCUT2D eigenvalue weighted by molar-refractivity contribution is 1.14. The molecule has 0 saturated carbocycles. The molecule has 0 N–H and O–H groups in total. The second kappa shape index (κ2) is 7.65. The third kappa shape index (κ3) is 3.16. The van der Waals surface area contributed by atoms with Crippen LogP contribution in [0.15, 0.2) is 84.5 Å². The van der Waals surface area contributed by atoms with Crippen LogP contribution in [-0.4, -0.2) is 21.6 Å². The largest absolute Gasteiger partial charge is 0.298 e. The number of aliphatic imine (C=N–C) groups is 1. The van der Waals surface area contributed by atoms with E-state index in [1.165, 1.54) is 11.1 Å². The number of allylic oxidation sites excluding steroid dienone is 5. The van der Waals surface area contributed by atoms with Crippen molar-refractivity contribution < 1.29 is 0 Å². The number of hydrogen-bond donors (Lipinski definition) is 0. The summed E-state index contributed by atoms with van der Waals surface area (Å²) in [4.78, 5) is 9.85. The van der Waals surface area contributed by atoms with Crippen molar-refractivity contribution in [3.63, 3.8) is 0 Å². The van der Waals surface area contributed by atoms with Gasteiger partial charge in [-0.25, -0.2) is 4.98 Å². The number of hydrogen-bond acceptors (Lipinski definition) is 2. The van der Waals surface area contributed by atoms with Crippen molar-refractivity contribution in [3.05, 3.63) is 108 Å². The standard InChI is InChI=1S/C25H23N3/c1-4-11-20-13-10-14-21(19(20)3)24-25-23(18(2)12-6-5-8-16-26-24)27-22-15-7-9-17-28(22)25/h4-15,17H,2,16H2,1,3H3/b8-5-,11-4-,12-6-,26-24-. The van der Waals surface area contributed by atoms with Crippen molar-refractivity contribution in [2.24, 2.45) is 4.99 Å². The minimum Gasteiger partial charge on any atom is -0.298 e. The molecular weight excluding hydrogens is 342 g/mol. The topological polar surface area (TPSA) is 29.7 Å². The fraction of sp³-hybridized carbons (Fsp3) is 0.120. The maximum atomic E-state index is 4.99. The number of fused-ring (bicyclic) bond motifs is 3. The van der Waals surface area contributed by atoms with Gasteiger partial charge in [0, 0.05) is 11.8 Å². The predicted octanol–water partition coefficient (Wildman–Crippen LogP) is 5.65. The first-order valence-corrected chi connectivity index (χ1v) is 9.47. The molecule has 0 radical (unpaired) electrons. The Labute approximate surface area is 165 Å². The average Bonchev–Trinajstić information content (AvgIpc) is 3.09. The molecule has 0 bridgehead atoms. The van der Waals surface area contributed by atoms with Gasteiger partial charge in [-0.05, 0) is 42.7 Å². The van der Waals surface area contributed by atoms with Gasteiger partial charge in [0.25, 0.3) is 0 Å². The van der Waals surface area contributed by atoms with E-state index in [1.54, 1.807) is 0 Å². The summed E-state index contributed by atoms with van der Waals surface area (Å²) in [6, 6.07) is 12.4. The minimum absolute atomic E-state index is 0.610. The van der Waals surface area contributed by atoms with Crippen LogP contribution in [-0.2, 0) is 0 Å². The van der Waals surface area contributed by atoms with Crippen LogP contribution in [0.4, 0.5) is 0 Å². The number of rotatable bonds is 2. The molecule has 1 aliphatic rings. The van der Waals surface area contributed by atoms with E-state index >= 15 is 0 Å². The average molecular weight is 365 g/mol. The van der Waals surface area contributed by atoms with Gasteiger partial charge in [0.1, 0.15) is 5.65 Å². The van der Waals surface area contributed by atoms with Crippen LogP contribution in [0.2, 0.25) is 0 Å². The lowest BCUT2D eigenvalue weighted by atomic mass is 9.95. The van der Waals surface area contributed by atoms with E-state index in [9.17, 15) is 0 Å². The molecule has 1 aliphatic heterocycles. The molecule has 4 rings (SSSR count). The molecule has 3 heterocycles. The highest BCUT2D eigenvalue weighted by Gasteiger charge is 2.21. The molecule has 0 saturated heterocycles. The Morgan fingerprint density at radius 2 is 2.00 bits per heavy atom. The molecular formula is C25H23N3. The second-order valence-corrected chi connectivity index (χ2v) is 6.76. The van der Waals surface area contributed by atoms with Crippen LogP contribution >= 0.6 is 0 Å². The third-order valence-corrected chi connectivity index (χ3v) is 4.93. The van der Waals surface area contributed by atoms with Gasteiger partial charge in [-0.15, -0.1) is 0 Å². The number of nitrogens with zero attached hydrogens (tertiary/aromatic N) is 3. The summed E-state index contributed by atoms with van der Waals surface area (Å²) in [5, 5.41) is 0. The van der Waals surface area contributed by atoms with Crippen molar-refractivity contribution in [2.75, 3.05) is 6.54 Å². The quantitative estimate of drug-likeness (QED) is 0.577. The highest BCUT2D eigenvalue weighted by atomic mass is 15.0. The van der Waals surface area contributed by atoms with E-state index < -0.39 is 0 Å². The fourth-order valence-corrected chi connectivity index (χ4v) is 3.54. The highest BCUT2D eigenvalue weighted by molar-refractivity contribution is 6.15. The number of benzene rings is 1. The highest BCUT2D eigenvalue weighted by Crippen LogP contribution is 2.27. The van der Waals surface area contributed by atoms with E-state index in [-0.39, 0.29) is 0 Å². The molecule has 3 nitrogen and oxygen atoms in total. The summed E-state index contributed by atoms with van der Waals surface area (Å²) < 4.78 is 2.11. The lowest BCUT2D eigenvalue weighted by Gasteiger charge is -2.14. The molecule has 0 aliphatic carbocycles. The van der Waals surface area contributed by atoms with Crippen molar-refractivity contribution in [1.29, 1.82) is 0 Å². The first-order valence-electron chi connectivity index (χ1n) is 9.47. The molecule has 1 aromatic carbocycles. The van der Waals surface area contributed by atoms with E-state index in [1.807, 2.05) is 49.5 Å². The van der Waals surface area contributed by atoms with Gasteiger partial charge in [0.05, 0.1) is 23.6 Å². The Morgan fingerprint density at radius 1 is 1.11 bits per heavy atom. The molecule has 138 valence electrons. The summed E-state index contributed by atoms with van der Waals surface area (Å²) in [5.41, 5.74) is 8.09. The summed E-state index contributed by atoms with van der Waals surface area (Å²) >= 11 is 0. The number of imidazole rings is 1. The normalized spacial score (nSPS) is 18.6. The second-order valence-electron chi connectivity index (χ2n) is 6.76. The summed E-state index contributed by atoms with van der Waals surface area (Å²) in [6.45, 7) is 9.06. The Kier molecular flexibility index (Phi) is 4.90. The van der Waals surface area contributed by atoms with Crippen LogP contribution in [0.3, 0.4) is 0 Å². The van der Waals surface area contributed by atoms with E-state index in [2.05, 4.69) is 54.3 Å². The fourth-order valence-electron chi connectivity index (χ4n) is 3.54. The van der Waals surface area contributed by atoms with Crippen molar-refractivity contribution in [1.82, 2.24) is 9.38 Å². The Morgan fingerprint density at radius 3 is 2.86 bits per heavy atom. The van der Waals surface area contributed by atoms with Gasteiger partial charge >= 0.3 is 0 Å². The van der Waals surface area contributed by atoms with E-state index in [0.29, 0.717) is 6.54 Å². The van der Waals surface area contributed by atoms with Gasteiger partial charge in [-0.1, -0.05) is 67.3 Å². The molecule has 3 aromatic rings. The molecule has 0 unspecified atom stereocenters. The first kappa shape index (κ1) is 17.9. The maximum absolute atomic E-state index is 4.99. The Bertz CT molecular complexity index is 1170. The maximum Gasteiger partial charge on any atom is 0.137 e. The third-order valence-electron chi connectivity index (χ3n) is 4.93. The van der Waals surface area contributed by atoms with E-state index in [4.69, 9.17) is 9.98 Å². The van der Waals surface area contributed by atoms with Gasteiger partial charge < -0.3 is 0 Å². The van der Waals surface area contributed by atoms with Crippen LogP contribution in [0, 0.1) is 6.92 Å². The van der Waals surface area contributed by atoms with Crippen molar-refractivity contribution >= 4 is 23.0 Å². The zero-order chi connectivity index (χ0) is 19.5. The van der Waals surface area contributed by atoms with Crippen LogP contribution in [0.1, 0.15) is 35.0 Å². The monoisotopic (exact) mass is 365 g/mol. The summed E-state index contributed by atoms with van der Waals surface area (Å²) in [5.74, 6) is 0. The first-order chi connectivity index (χ1) is 13.7. The number of aromatic nitrogens is 2. The summed E-state index contributed by atoms with van der Waals surface area (Å²) in [7, 11) is 0. The SMILES string of the molecule is C=C1/C=C\C=C/C/N=C(/c2cccc(/C=C\C)c2C)c2c1nc1ccccn21. The van der Waals surface area contributed by atoms with Crippen LogP contribution in [0.5, 0.6) is 0 Å². The smallest absolute Gasteiger partial charge is 0.137 e. The molecule has 0 amide bonds. The van der Waals surface area contributed by atoms with E-state index in [0.717, 1.165) is 33.9 Å². The zero-order valence-electron chi connectivity index (χ0n) is 16.3. The van der Waals surface area contributed by atoms with Gasteiger partial charge in [-0.3, -0.25) is 9.39 Å². The molecule has 2 aromatic heterocycles. The van der Waals surface area contributed by atoms with Crippen LogP contribution < -0.4 is 0 Å². The zero-order valence-corrected chi connectivity index (χ0v) is 16.3. The lowest BCUT2D eigenvalue weighted by Crippen LogP contribution is -2.12. The Hall–Kier alpha value is -3.46. The minimum atomic E-state index is 0.610. The van der Waals surface area contributed by atoms with Gasteiger partial charge in [0.2, 0.25) is 0 Å². The molecule has 0 spiro atoms. The predicted molar refractivity (Wildman–Crippen MR) is 119 cm³/mol. The number of pyridine rings is 1. The molecule has 28 heavy (non-hydrogen) atoms. The van der Waals surface area contributed by atoms with Gasteiger partial charge in [0.15, 0.2) is 0 Å². The van der Waals surface area contributed by atoms with Crippen molar-refractivity contribution in [2.45, 2.75) is 13.8 Å². The summed E-state index contributed by atoms with van der Waals surface area (Å²) in [6.07, 6.45) is 14.3. The molecule has 0 atom stereocenters. The molecule has 0 fully saturated rings.